The van der Waals surface area contributed by atoms with Crippen LogP contribution in [-0.4, -0.2) is 98.7 Å². The zero-order valence-electron chi connectivity index (χ0n) is 35.5. The second-order valence-corrected chi connectivity index (χ2v) is 20.2. The number of fused-ring (bicyclic) bond motifs is 5. The molecule has 3 aliphatic carbocycles. The number of carbonyl (C=O) groups is 4. The molecule has 1 aromatic carbocycles. The molecule has 1 aromatic heterocycles. The molecule has 3 N–H and O–H groups in total. The van der Waals surface area contributed by atoms with Crippen LogP contribution in [0.3, 0.4) is 0 Å². The van der Waals surface area contributed by atoms with Gasteiger partial charge < -0.3 is 39.0 Å². The van der Waals surface area contributed by atoms with Gasteiger partial charge in [0.1, 0.15) is 39.3 Å². The lowest BCUT2D eigenvalue weighted by atomic mass is 9.82. The number of methoxy groups -OCH3 is 1. The van der Waals surface area contributed by atoms with Gasteiger partial charge in [-0.15, -0.1) is 0 Å². The molecule has 3 aliphatic heterocycles. The number of benzene rings is 1. The third kappa shape index (κ3) is 9.05. The number of ether oxygens (including phenoxy) is 4. The average Bonchev–Trinajstić information content (AvgIpc) is 4.11. The molecule has 14 nitrogen and oxygen atoms in total. The number of rotatable bonds is 10. The van der Waals surface area contributed by atoms with E-state index < -0.39 is 92.3 Å². The minimum atomic E-state index is -4.92. The van der Waals surface area contributed by atoms with Crippen LogP contribution in [0.15, 0.2) is 30.4 Å². The minimum absolute atomic E-state index is 0.0946. The number of nitrogens with zero attached hydrogens (tertiary/aromatic N) is 2. The number of aryl methyl sites for hydroxylation is 1. The molecule has 3 saturated carbocycles. The number of aromatic nitrogens is 1. The molecule has 6 aliphatic rings. The summed E-state index contributed by atoms with van der Waals surface area (Å²) in [6.07, 6.45) is 5.55. The van der Waals surface area contributed by atoms with Gasteiger partial charge in [-0.1, -0.05) is 25.0 Å². The zero-order valence-corrected chi connectivity index (χ0v) is 36.3. The normalized spacial score (nSPS) is 29.9. The van der Waals surface area contributed by atoms with E-state index >= 15 is 0 Å². The molecule has 338 valence electrons. The number of pyridine rings is 1. The molecule has 1 spiro atoms. The van der Waals surface area contributed by atoms with Crippen LogP contribution in [0.2, 0.25) is 0 Å². The van der Waals surface area contributed by atoms with Gasteiger partial charge in [-0.2, -0.15) is 17.9 Å². The third-order valence-electron chi connectivity index (χ3n) is 13.6. The van der Waals surface area contributed by atoms with E-state index in [9.17, 15) is 36.9 Å². The molecule has 0 bridgehead atoms. The first-order valence-electron chi connectivity index (χ1n) is 21.8. The Kier molecular flexibility index (Phi) is 12.2. The number of carbonyl (C=O) groups excluding carboxylic acids is 4. The van der Waals surface area contributed by atoms with Gasteiger partial charge in [0.2, 0.25) is 11.8 Å². The second kappa shape index (κ2) is 17.0. The molecule has 8 rings (SSSR count). The highest BCUT2D eigenvalue weighted by Gasteiger charge is 2.64. The largest absolute Gasteiger partial charge is 0.593 e. The maximum absolute atomic E-state index is 14.9. The number of hydrogen-bond donors (Lipinski definition) is 3. The molecule has 4 heterocycles. The standard InChI is InChI=1S/C44H56F3N5O9S/c1-40(16-9-17-40)61-39(56)49-32-12-8-6-4-5-7-11-27-24-43(27,38(55)51-62(57)41(2)19-20-41)50-36(53)33-25-42(26-52(33)37(32)54)18-15-29-30-23-28(59-22-10-21-58-3)13-14-31(30)48-35(34(29)60-42)44(45,46)47/h7,11,13-14,23,27,32-33H,4-6,8-10,12,15-22,24-26H2,1-3H3,(H,49,56)(H,50,53)(H,51,55)/b11-7-/t27-,32+,33+,42-,43-,62-/m1/s1. The zero-order chi connectivity index (χ0) is 44.1. The van der Waals surface area contributed by atoms with E-state index in [0.29, 0.717) is 75.7 Å². The summed E-state index contributed by atoms with van der Waals surface area (Å²) < 4.78 is 83.2. The van der Waals surface area contributed by atoms with Gasteiger partial charge in [0.05, 0.1) is 30.0 Å². The van der Waals surface area contributed by atoms with E-state index in [4.69, 9.17) is 18.9 Å². The quantitative estimate of drug-likeness (QED) is 0.143. The summed E-state index contributed by atoms with van der Waals surface area (Å²) in [7, 11) is 1.58. The molecule has 18 heteroatoms. The lowest BCUT2D eigenvalue weighted by molar-refractivity contribution is -0.144. The highest BCUT2D eigenvalue weighted by molar-refractivity contribution is 7.91. The van der Waals surface area contributed by atoms with E-state index in [1.807, 2.05) is 26.0 Å². The summed E-state index contributed by atoms with van der Waals surface area (Å²) in [5.74, 6) is -2.38. The molecule has 0 radical (unpaired) electrons. The van der Waals surface area contributed by atoms with E-state index in [-0.39, 0.29) is 49.7 Å². The van der Waals surface area contributed by atoms with Crippen LogP contribution in [-0.2, 0) is 47.8 Å². The number of alkyl carbamates (subject to hydrolysis) is 1. The molecule has 6 atom stereocenters. The fourth-order valence-electron chi connectivity index (χ4n) is 9.24. The lowest BCUT2D eigenvalue weighted by Gasteiger charge is -2.38. The third-order valence-corrected chi connectivity index (χ3v) is 15.3. The van der Waals surface area contributed by atoms with Crippen molar-refractivity contribution in [1.82, 2.24) is 25.2 Å². The number of alkyl halides is 3. The van der Waals surface area contributed by atoms with Gasteiger partial charge in [0.15, 0.2) is 11.4 Å². The Hall–Kier alpha value is -4.29. The van der Waals surface area contributed by atoms with Crippen LogP contribution in [0.25, 0.3) is 10.9 Å². The highest BCUT2D eigenvalue weighted by atomic mass is 32.2. The number of amides is 4. The van der Waals surface area contributed by atoms with Gasteiger partial charge in [-0.3, -0.25) is 14.4 Å². The number of nitrogens with one attached hydrogen (secondary N) is 3. The summed E-state index contributed by atoms with van der Waals surface area (Å²) in [5, 5.41) is 6.12. The summed E-state index contributed by atoms with van der Waals surface area (Å²) >= 11 is -1.70. The van der Waals surface area contributed by atoms with Crippen LogP contribution in [0.4, 0.5) is 18.0 Å². The fourth-order valence-corrected chi connectivity index (χ4v) is 10.3. The molecule has 1 saturated heterocycles. The minimum Gasteiger partial charge on any atom is -0.593 e. The first-order chi connectivity index (χ1) is 29.5. The Morgan fingerprint density at radius 2 is 1.85 bits per heavy atom. The van der Waals surface area contributed by atoms with E-state index in [2.05, 4.69) is 20.3 Å². The maximum Gasteiger partial charge on any atom is 0.437 e. The molecule has 0 unspecified atom stereocenters. The number of halogens is 3. The highest BCUT2D eigenvalue weighted by Crippen LogP contribution is 2.51. The summed E-state index contributed by atoms with van der Waals surface area (Å²) in [5.41, 5.74) is -4.44. The van der Waals surface area contributed by atoms with Crippen LogP contribution >= 0.6 is 0 Å². The summed E-state index contributed by atoms with van der Waals surface area (Å²) in [4.78, 5) is 62.3. The van der Waals surface area contributed by atoms with E-state index in [1.165, 1.54) is 11.0 Å². The Morgan fingerprint density at radius 3 is 2.56 bits per heavy atom. The SMILES string of the molecule is COCCCOc1ccc2nc(C(F)(F)F)c3c(c2c1)CC[C@]1(C[C@H]2C(=O)N[C@]4(C(=O)N[S@+]([O-])C5(C)CC5)C[C@H]4/C=C\CCCCC[C@H](NC(=O)OC4(C)CCC4)C(=O)N2C1)O3. The monoisotopic (exact) mass is 887 g/mol. The van der Waals surface area contributed by atoms with Crippen molar-refractivity contribution in [1.29, 1.82) is 0 Å². The Bertz CT molecular complexity index is 2110. The lowest BCUT2D eigenvalue weighted by Crippen LogP contribution is -2.59. The second-order valence-electron chi connectivity index (χ2n) is 18.5. The first kappa shape index (κ1) is 44.3. The van der Waals surface area contributed by atoms with Crippen LogP contribution < -0.4 is 24.8 Å². The number of allylic oxidation sites excluding steroid dienone is 1. The van der Waals surface area contributed by atoms with Crippen molar-refractivity contribution >= 4 is 46.1 Å². The Morgan fingerprint density at radius 1 is 1.06 bits per heavy atom. The predicted molar refractivity (Wildman–Crippen MR) is 221 cm³/mol. The van der Waals surface area contributed by atoms with Crippen LogP contribution in [0, 0.1) is 5.92 Å². The van der Waals surface area contributed by atoms with Crippen molar-refractivity contribution in [3.05, 3.63) is 41.6 Å². The summed E-state index contributed by atoms with van der Waals surface area (Å²) in [6, 6.07) is 2.25. The fraction of sp³-hybridized carbons (Fsp3) is 0.659. The molecule has 2 aromatic rings. The van der Waals surface area contributed by atoms with Crippen molar-refractivity contribution < 1.29 is 55.8 Å². The smallest absolute Gasteiger partial charge is 0.437 e. The Labute approximate surface area is 362 Å². The molecular weight excluding hydrogens is 832 g/mol. The van der Waals surface area contributed by atoms with Gasteiger partial charge in [0.25, 0.3) is 5.91 Å². The van der Waals surface area contributed by atoms with Crippen molar-refractivity contribution in [3.8, 4) is 11.5 Å². The topological polar surface area (TPSA) is 180 Å². The van der Waals surface area contributed by atoms with Gasteiger partial charge in [-0.05, 0) is 89.8 Å². The van der Waals surface area contributed by atoms with Crippen molar-refractivity contribution in [2.45, 2.75) is 150 Å². The first-order valence-corrected chi connectivity index (χ1v) is 23.0. The van der Waals surface area contributed by atoms with Gasteiger partial charge >= 0.3 is 12.3 Å². The van der Waals surface area contributed by atoms with Crippen molar-refractivity contribution in [2.24, 2.45) is 5.92 Å². The van der Waals surface area contributed by atoms with E-state index in [1.54, 1.807) is 19.2 Å². The average molecular weight is 888 g/mol. The molecule has 62 heavy (non-hydrogen) atoms. The van der Waals surface area contributed by atoms with Crippen LogP contribution in [0.1, 0.15) is 115 Å². The number of hydrogen-bond acceptors (Lipinski definition) is 10. The Balaban J connectivity index is 1.14. The van der Waals surface area contributed by atoms with Gasteiger partial charge in [-0.25, -0.2) is 9.78 Å². The molecule has 4 amide bonds. The summed E-state index contributed by atoms with van der Waals surface area (Å²) in [6.45, 7) is 4.16. The van der Waals surface area contributed by atoms with Gasteiger partial charge in [0, 0.05) is 56.3 Å². The van der Waals surface area contributed by atoms with Crippen molar-refractivity contribution in [3.63, 3.8) is 0 Å². The molecular formula is C44H56F3N5O9S. The van der Waals surface area contributed by atoms with Crippen LogP contribution in [0.5, 0.6) is 11.5 Å². The maximum atomic E-state index is 14.9. The molecule has 4 fully saturated rings. The predicted octanol–water partition coefficient (Wildman–Crippen LogP) is 6.10. The van der Waals surface area contributed by atoms with Crippen molar-refractivity contribution in [2.75, 3.05) is 26.9 Å². The van der Waals surface area contributed by atoms with E-state index in [0.717, 1.165) is 12.8 Å².